The fourth-order valence-corrected chi connectivity index (χ4v) is 2.98. The van der Waals surface area contributed by atoms with Gasteiger partial charge < -0.3 is 0 Å². The topological polar surface area (TPSA) is 16.8 Å². The number of nitrogens with zero attached hydrogens (tertiary/aromatic N) is 2. The Labute approximate surface area is 138 Å². The number of aryl methyl sites for hydroxylation is 1. The van der Waals surface area contributed by atoms with Crippen molar-refractivity contribution in [2.75, 3.05) is 0 Å². The number of hydrogen-bond acceptors (Lipinski definition) is 1. The number of hydrogen-bond donors (Lipinski definition) is 0. The Morgan fingerprint density at radius 3 is 1.64 bits per heavy atom. The van der Waals surface area contributed by atoms with Gasteiger partial charge in [-0.05, 0) is 12.8 Å². The Morgan fingerprint density at radius 1 is 0.682 bits per heavy atom. The van der Waals surface area contributed by atoms with Gasteiger partial charge in [0.1, 0.15) is 6.20 Å². The number of unbranched alkanes of at least 4 members (excludes halogenated alkanes) is 13. The van der Waals surface area contributed by atoms with E-state index in [0.29, 0.717) is 0 Å². The normalized spacial score (nSPS) is 11.0. The highest BCUT2D eigenvalue weighted by atomic mass is 15.0. The highest BCUT2D eigenvalue weighted by molar-refractivity contribution is 4.68. The summed E-state index contributed by atoms with van der Waals surface area (Å²) in [5.74, 6) is 0. The molecule has 2 heteroatoms. The van der Waals surface area contributed by atoms with Crippen LogP contribution in [0.4, 0.5) is 0 Å². The van der Waals surface area contributed by atoms with Crippen LogP contribution in [0.5, 0.6) is 0 Å². The maximum absolute atomic E-state index is 4.13. The van der Waals surface area contributed by atoms with Crippen molar-refractivity contribution in [1.29, 1.82) is 0 Å². The van der Waals surface area contributed by atoms with Crippen molar-refractivity contribution in [3.8, 4) is 0 Å². The first-order valence-electron chi connectivity index (χ1n) is 9.72. The Hall–Kier alpha value is -0.920. The van der Waals surface area contributed by atoms with Gasteiger partial charge in [-0.25, -0.2) is 4.57 Å². The highest BCUT2D eigenvalue weighted by Crippen LogP contribution is 2.12. The van der Waals surface area contributed by atoms with E-state index in [2.05, 4.69) is 22.7 Å². The van der Waals surface area contributed by atoms with Gasteiger partial charge >= 0.3 is 0 Å². The lowest BCUT2D eigenvalue weighted by Gasteiger charge is -2.03. The molecule has 1 rings (SSSR count). The molecule has 1 aromatic rings. The molecule has 0 aliphatic heterocycles. The van der Waals surface area contributed by atoms with Gasteiger partial charge in [-0.2, -0.15) is 0 Å². The summed E-state index contributed by atoms with van der Waals surface area (Å²) in [4.78, 5) is 4.13. The average Bonchev–Trinajstić information content (AvgIpc) is 2.56. The lowest BCUT2D eigenvalue weighted by Crippen LogP contribution is -2.32. The summed E-state index contributed by atoms with van der Waals surface area (Å²) in [5, 5.41) is 0. The lowest BCUT2D eigenvalue weighted by atomic mass is 10.0. The zero-order chi connectivity index (χ0) is 15.7. The van der Waals surface area contributed by atoms with Gasteiger partial charge in [-0.1, -0.05) is 89.0 Å². The van der Waals surface area contributed by atoms with Crippen LogP contribution in [0.2, 0.25) is 0 Å². The van der Waals surface area contributed by atoms with E-state index in [4.69, 9.17) is 0 Å². The quantitative estimate of drug-likeness (QED) is 0.293. The molecule has 0 saturated carbocycles. The monoisotopic (exact) mass is 305 g/mol. The van der Waals surface area contributed by atoms with Crippen LogP contribution in [-0.4, -0.2) is 4.98 Å². The maximum atomic E-state index is 4.13. The zero-order valence-corrected chi connectivity index (χ0v) is 14.8. The van der Waals surface area contributed by atoms with Crippen LogP contribution >= 0.6 is 0 Å². The molecule has 0 radical (unpaired) electrons. The van der Waals surface area contributed by atoms with Gasteiger partial charge in [0.05, 0.1) is 12.7 Å². The second-order valence-corrected chi connectivity index (χ2v) is 6.59. The van der Waals surface area contributed by atoms with E-state index in [1.54, 1.807) is 0 Å². The van der Waals surface area contributed by atoms with Gasteiger partial charge in [0.2, 0.25) is 0 Å². The smallest absolute Gasteiger partial charge is 0.237 e. The van der Waals surface area contributed by atoms with E-state index in [1.807, 2.05) is 18.6 Å². The van der Waals surface area contributed by atoms with E-state index < -0.39 is 0 Å². The second kappa shape index (κ2) is 15.0. The molecule has 1 aromatic heterocycles. The largest absolute Gasteiger partial charge is 0.286 e. The van der Waals surface area contributed by atoms with Crippen LogP contribution in [0.25, 0.3) is 0 Å². The predicted octanol–water partition coefficient (Wildman–Crippen LogP) is 5.85. The standard InChI is InChI=1S/C20H37N2/c1-2-3-4-5-6-7-8-9-10-11-12-13-14-15-18-22-19-16-17-21-20-22/h16-17,19-20H,2-15,18H2,1H3/q+1. The lowest BCUT2D eigenvalue weighted by molar-refractivity contribution is -0.700. The molecule has 0 aromatic carbocycles. The second-order valence-electron chi connectivity index (χ2n) is 6.59. The number of rotatable bonds is 15. The van der Waals surface area contributed by atoms with Crippen LogP contribution < -0.4 is 4.57 Å². The van der Waals surface area contributed by atoms with Crippen molar-refractivity contribution < 1.29 is 4.57 Å². The van der Waals surface area contributed by atoms with Crippen molar-refractivity contribution >= 4 is 0 Å². The van der Waals surface area contributed by atoms with Crippen molar-refractivity contribution in [3.05, 3.63) is 24.8 Å². The summed E-state index contributed by atoms with van der Waals surface area (Å²) < 4.78 is 2.18. The molecule has 0 amide bonds. The average molecular weight is 306 g/mol. The van der Waals surface area contributed by atoms with Crippen LogP contribution in [0.15, 0.2) is 24.8 Å². The van der Waals surface area contributed by atoms with Gasteiger partial charge in [0.15, 0.2) is 0 Å². The third-order valence-electron chi connectivity index (χ3n) is 4.43. The molecule has 0 bridgehead atoms. The Morgan fingerprint density at radius 2 is 1.18 bits per heavy atom. The van der Waals surface area contributed by atoms with Crippen molar-refractivity contribution in [2.45, 2.75) is 103 Å². The summed E-state index contributed by atoms with van der Waals surface area (Å²) in [6.07, 6.45) is 25.8. The predicted molar refractivity (Wildman–Crippen MR) is 94.7 cm³/mol. The van der Waals surface area contributed by atoms with Crippen molar-refractivity contribution in [2.24, 2.45) is 0 Å². The molecule has 0 aliphatic rings. The van der Waals surface area contributed by atoms with E-state index in [9.17, 15) is 0 Å². The maximum Gasteiger partial charge on any atom is 0.286 e. The molecule has 2 nitrogen and oxygen atoms in total. The minimum atomic E-state index is 1.12. The molecule has 0 saturated heterocycles. The fraction of sp³-hybridized carbons (Fsp3) is 0.800. The molecule has 0 aliphatic carbocycles. The minimum absolute atomic E-state index is 1.12. The first kappa shape index (κ1) is 19.1. The third-order valence-corrected chi connectivity index (χ3v) is 4.43. The van der Waals surface area contributed by atoms with Gasteiger partial charge in [-0.15, -0.1) is 0 Å². The molecule has 0 atom stereocenters. The molecule has 126 valence electrons. The Kier molecular flexibility index (Phi) is 13.0. The van der Waals surface area contributed by atoms with E-state index >= 15 is 0 Å². The molecule has 0 unspecified atom stereocenters. The minimum Gasteiger partial charge on any atom is -0.237 e. The van der Waals surface area contributed by atoms with E-state index in [1.165, 1.54) is 89.9 Å². The van der Waals surface area contributed by atoms with Crippen molar-refractivity contribution in [3.63, 3.8) is 0 Å². The van der Waals surface area contributed by atoms with Crippen LogP contribution in [0.3, 0.4) is 0 Å². The van der Waals surface area contributed by atoms with E-state index in [0.717, 1.165) is 6.54 Å². The zero-order valence-electron chi connectivity index (χ0n) is 14.8. The molecular weight excluding hydrogens is 268 g/mol. The summed E-state index contributed by atoms with van der Waals surface area (Å²) in [6.45, 7) is 3.41. The van der Waals surface area contributed by atoms with Crippen LogP contribution in [0, 0.1) is 0 Å². The Balaban J connectivity index is 1.73. The SMILES string of the molecule is CCCCCCCCCCCCCCCC[n+]1cccnc1. The first-order valence-corrected chi connectivity index (χ1v) is 9.72. The molecule has 0 fully saturated rings. The molecular formula is C20H37N2+. The van der Waals surface area contributed by atoms with Crippen molar-refractivity contribution in [1.82, 2.24) is 4.98 Å². The molecule has 0 N–H and O–H groups in total. The third kappa shape index (κ3) is 11.7. The highest BCUT2D eigenvalue weighted by Gasteiger charge is 1.97. The summed E-state index contributed by atoms with van der Waals surface area (Å²) >= 11 is 0. The molecule has 22 heavy (non-hydrogen) atoms. The molecule has 1 heterocycles. The Bertz CT molecular complexity index is 324. The summed E-state index contributed by atoms with van der Waals surface area (Å²) in [6, 6.07) is 2.00. The summed E-state index contributed by atoms with van der Waals surface area (Å²) in [5.41, 5.74) is 0. The number of aromatic nitrogens is 2. The summed E-state index contributed by atoms with van der Waals surface area (Å²) in [7, 11) is 0. The fourth-order valence-electron chi connectivity index (χ4n) is 2.98. The van der Waals surface area contributed by atoms with Gasteiger partial charge in [0, 0.05) is 6.07 Å². The van der Waals surface area contributed by atoms with Gasteiger partial charge in [0.25, 0.3) is 6.33 Å². The van der Waals surface area contributed by atoms with Gasteiger partial charge in [-0.3, -0.25) is 0 Å². The van der Waals surface area contributed by atoms with Crippen LogP contribution in [-0.2, 0) is 6.54 Å². The molecule has 0 spiro atoms. The van der Waals surface area contributed by atoms with Crippen LogP contribution in [0.1, 0.15) is 96.8 Å². The van der Waals surface area contributed by atoms with E-state index in [-0.39, 0.29) is 0 Å². The first-order chi connectivity index (χ1) is 10.9.